The Labute approximate surface area is 144 Å². The summed E-state index contributed by atoms with van der Waals surface area (Å²) in [4.78, 5) is 25.5. The van der Waals surface area contributed by atoms with Gasteiger partial charge >= 0.3 is 5.97 Å². The summed E-state index contributed by atoms with van der Waals surface area (Å²) in [5.74, 6) is -1.35. The largest absolute Gasteiger partial charge is 0.481 e. The molecule has 1 amide bonds. The molecule has 1 N–H and O–H groups in total. The lowest BCUT2D eigenvalue weighted by Crippen LogP contribution is -2.49. The molecule has 0 radical (unpaired) electrons. The van der Waals surface area contributed by atoms with E-state index in [1.165, 1.54) is 0 Å². The molecule has 1 aliphatic rings. The second-order valence-electron chi connectivity index (χ2n) is 5.88. The van der Waals surface area contributed by atoms with Crippen molar-refractivity contribution in [2.75, 3.05) is 6.54 Å². The first-order valence-electron chi connectivity index (χ1n) is 7.74. The van der Waals surface area contributed by atoms with E-state index in [1.54, 1.807) is 36.1 Å². The Morgan fingerprint density at radius 3 is 2.83 bits per heavy atom. The van der Waals surface area contributed by atoms with Crippen molar-refractivity contribution in [2.24, 2.45) is 5.92 Å². The Kier molecular flexibility index (Phi) is 4.57. The van der Waals surface area contributed by atoms with Crippen LogP contribution in [0.5, 0.6) is 0 Å². The highest BCUT2D eigenvalue weighted by atomic mass is 35.5. The van der Waals surface area contributed by atoms with E-state index in [2.05, 4.69) is 5.16 Å². The molecule has 1 aromatic carbocycles. The van der Waals surface area contributed by atoms with Crippen molar-refractivity contribution in [3.8, 4) is 11.3 Å². The van der Waals surface area contributed by atoms with Crippen LogP contribution in [0.3, 0.4) is 0 Å². The number of carboxylic acid groups (broad SMARTS) is 1. The number of benzene rings is 1. The third-order valence-electron chi connectivity index (χ3n) is 4.43. The van der Waals surface area contributed by atoms with Gasteiger partial charge < -0.3 is 14.5 Å². The molecule has 0 unspecified atom stereocenters. The number of carboxylic acids is 1. The van der Waals surface area contributed by atoms with Crippen LogP contribution in [-0.4, -0.2) is 39.6 Å². The Morgan fingerprint density at radius 2 is 2.12 bits per heavy atom. The third-order valence-corrected chi connectivity index (χ3v) is 4.76. The van der Waals surface area contributed by atoms with Gasteiger partial charge in [-0.25, -0.2) is 0 Å². The molecule has 0 bridgehead atoms. The third kappa shape index (κ3) is 3.01. The molecule has 2 atom stereocenters. The molecule has 0 spiro atoms. The summed E-state index contributed by atoms with van der Waals surface area (Å²) < 4.78 is 5.25. The summed E-state index contributed by atoms with van der Waals surface area (Å²) in [5, 5.41) is 13.6. The van der Waals surface area contributed by atoms with Crippen molar-refractivity contribution in [3.63, 3.8) is 0 Å². The summed E-state index contributed by atoms with van der Waals surface area (Å²) in [7, 11) is 0. The number of hydrogen-bond donors (Lipinski definition) is 1. The van der Waals surface area contributed by atoms with Crippen LogP contribution in [0.15, 0.2) is 34.9 Å². The standard InChI is InChI=1S/C17H17ClN2O4/c1-10-11(17(22)23)6-4-8-20(10)16(21)14-9-15(24-19-14)12-5-2-3-7-13(12)18/h2-3,5,7,9-11H,4,6,8H2,1H3,(H,22,23)/t10-,11-/m1/s1. The van der Waals surface area contributed by atoms with Crippen LogP contribution < -0.4 is 0 Å². The quantitative estimate of drug-likeness (QED) is 0.919. The van der Waals surface area contributed by atoms with Gasteiger partial charge in [0.05, 0.1) is 10.9 Å². The van der Waals surface area contributed by atoms with Crippen LogP contribution >= 0.6 is 11.6 Å². The average molecular weight is 349 g/mol. The van der Waals surface area contributed by atoms with Gasteiger partial charge in [-0.15, -0.1) is 0 Å². The monoisotopic (exact) mass is 348 g/mol. The molecular formula is C17H17ClN2O4. The van der Waals surface area contributed by atoms with Gasteiger partial charge in [-0.05, 0) is 31.9 Å². The van der Waals surface area contributed by atoms with E-state index in [0.29, 0.717) is 35.7 Å². The second kappa shape index (κ2) is 6.65. The summed E-state index contributed by atoms with van der Waals surface area (Å²) in [6, 6.07) is 8.28. The van der Waals surface area contributed by atoms with Crippen molar-refractivity contribution < 1.29 is 19.2 Å². The lowest BCUT2D eigenvalue weighted by Gasteiger charge is -2.36. The van der Waals surface area contributed by atoms with Gasteiger partial charge in [0.1, 0.15) is 0 Å². The van der Waals surface area contributed by atoms with Crippen molar-refractivity contribution in [3.05, 3.63) is 41.0 Å². The van der Waals surface area contributed by atoms with E-state index in [4.69, 9.17) is 16.1 Å². The van der Waals surface area contributed by atoms with Gasteiger partial charge in [0.15, 0.2) is 11.5 Å². The summed E-state index contributed by atoms with van der Waals surface area (Å²) in [5.41, 5.74) is 0.809. The Balaban J connectivity index is 1.84. The fourth-order valence-electron chi connectivity index (χ4n) is 3.07. The second-order valence-corrected chi connectivity index (χ2v) is 6.29. The molecule has 0 saturated carbocycles. The van der Waals surface area contributed by atoms with E-state index in [9.17, 15) is 14.7 Å². The number of rotatable bonds is 3. The predicted molar refractivity (Wildman–Crippen MR) is 87.8 cm³/mol. The van der Waals surface area contributed by atoms with Gasteiger partial charge in [0.25, 0.3) is 5.91 Å². The maximum atomic E-state index is 12.7. The van der Waals surface area contributed by atoms with E-state index < -0.39 is 11.9 Å². The fourth-order valence-corrected chi connectivity index (χ4v) is 3.30. The average Bonchev–Trinajstić information content (AvgIpc) is 3.04. The minimum atomic E-state index is -0.878. The minimum absolute atomic E-state index is 0.155. The molecule has 1 aliphatic heterocycles. The minimum Gasteiger partial charge on any atom is -0.481 e. The van der Waals surface area contributed by atoms with Crippen LogP contribution in [0, 0.1) is 5.92 Å². The molecule has 24 heavy (non-hydrogen) atoms. The van der Waals surface area contributed by atoms with Crippen LogP contribution in [0.2, 0.25) is 5.02 Å². The molecule has 7 heteroatoms. The lowest BCUT2D eigenvalue weighted by molar-refractivity contribution is -0.144. The zero-order chi connectivity index (χ0) is 17.3. The Morgan fingerprint density at radius 1 is 1.38 bits per heavy atom. The number of nitrogens with zero attached hydrogens (tertiary/aromatic N) is 2. The Bertz CT molecular complexity index is 773. The van der Waals surface area contributed by atoms with Gasteiger partial charge in [-0.2, -0.15) is 0 Å². The summed E-state index contributed by atoms with van der Waals surface area (Å²) >= 11 is 6.13. The van der Waals surface area contributed by atoms with Crippen molar-refractivity contribution in [1.82, 2.24) is 10.1 Å². The van der Waals surface area contributed by atoms with Gasteiger partial charge in [0.2, 0.25) is 0 Å². The van der Waals surface area contributed by atoms with Crippen molar-refractivity contribution in [2.45, 2.75) is 25.8 Å². The molecule has 2 aromatic rings. The van der Waals surface area contributed by atoms with E-state index >= 15 is 0 Å². The van der Waals surface area contributed by atoms with Crippen molar-refractivity contribution in [1.29, 1.82) is 0 Å². The molecule has 1 fully saturated rings. The predicted octanol–water partition coefficient (Wildman–Crippen LogP) is 3.32. The maximum absolute atomic E-state index is 12.7. The molecule has 0 aliphatic carbocycles. The fraction of sp³-hybridized carbons (Fsp3) is 0.353. The number of hydrogen-bond acceptors (Lipinski definition) is 4. The molecule has 1 aromatic heterocycles. The van der Waals surface area contributed by atoms with Crippen molar-refractivity contribution >= 4 is 23.5 Å². The maximum Gasteiger partial charge on any atom is 0.308 e. The van der Waals surface area contributed by atoms with Gasteiger partial charge in [-0.1, -0.05) is 28.9 Å². The Hall–Kier alpha value is -2.34. The van der Waals surface area contributed by atoms with Gasteiger partial charge in [0, 0.05) is 24.2 Å². The lowest BCUT2D eigenvalue weighted by atomic mass is 9.90. The molecule has 1 saturated heterocycles. The number of carbonyl (C=O) groups excluding carboxylic acids is 1. The number of amides is 1. The SMILES string of the molecule is C[C@@H]1[C@H](C(=O)O)CCCN1C(=O)c1cc(-c2ccccc2Cl)on1. The van der Waals surface area contributed by atoms with Crippen LogP contribution in [0.1, 0.15) is 30.3 Å². The highest BCUT2D eigenvalue weighted by Crippen LogP contribution is 2.29. The topological polar surface area (TPSA) is 83.6 Å². The highest BCUT2D eigenvalue weighted by Gasteiger charge is 2.36. The zero-order valence-corrected chi connectivity index (χ0v) is 13.9. The highest BCUT2D eigenvalue weighted by molar-refractivity contribution is 6.33. The van der Waals surface area contributed by atoms with Crippen LogP contribution in [0.4, 0.5) is 0 Å². The van der Waals surface area contributed by atoms with Crippen LogP contribution in [-0.2, 0) is 4.79 Å². The number of carbonyl (C=O) groups is 2. The molecular weight excluding hydrogens is 332 g/mol. The first kappa shape index (κ1) is 16.5. The normalized spacial score (nSPS) is 20.8. The molecule has 126 valence electrons. The smallest absolute Gasteiger partial charge is 0.308 e. The molecule has 2 heterocycles. The first-order valence-corrected chi connectivity index (χ1v) is 8.12. The summed E-state index contributed by atoms with van der Waals surface area (Å²) in [6.07, 6.45) is 1.23. The number of halogens is 1. The van der Waals surface area contributed by atoms with Crippen LogP contribution in [0.25, 0.3) is 11.3 Å². The van der Waals surface area contributed by atoms with Gasteiger partial charge in [-0.3, -0.25) is 9.59 Å². The summed E-state index contributed by atoms with van der Waals surface area (Å²) in [6.45, 7) is 2.27. The first-order chi connectivity index (χ1) is 11.5. The van der Waals surface area contributed by atoms with E-state index in [0.717, 1.165) is 0 Å². The molecule has 6 nitrogen and oxygen atoms in total. The molecule has 3 rings (SSSR count). The number of aromatic nitrogens is 1. The van der Waals surface area contributed by atoms with E-state index in [-0.39, 0.29) is 17.6 Å². The van der Waals surface area contributed by atoms with E-state index in [1.807, 2.05) is 6.07 Å². The number of likely N-dealkylation sites (tertiary alicyclic amines) is 1. The number of aliphatic carboxylic acids is 1. The number of piperidine rings is 1. The zero-order valence-electron chi connectivity index (χ0n) is 13.1.